The summed E-state index contributed by atoms with van der Waals surface area (Å²) in [7, 11) is 0. The van der Waals surface area contributed by atoms with Crippen LogP contribution in [0.25, 0.3) is 10.9 Å². The molecule has 3 heterocycles. The summed E-state index contributed by atoms with van der Waals surface area (Å²) < 4.78 is 8.22. The molecule has 1 unspecified atom stereocenters. The summed E-state index contributed by atoms with van der Waals surface area (Å²) in [4.78, 5) is 23.3. The Kier molecular flexibility index (Phi) is 4.89. The van der Waals surface area contributed by atoms with Gasteiger partial charge < -0.3 is 14.2 Å². The number of amides is 1. The highest BCUT2D eigenvalue weighted by Crippen LogP contribution is 2.26. The molecule has 2 aromatic carbocycles. The van der Waals surface area contributed by atoms with E-state index in [2.05, 4.69) is 9.97 Å². The maximum absolute atomic E-state index is 12.9. The molecule has 1 aliphatic rings. The van der Waals surface area contributed by atoms with Crippen molar-refractivity contribution in [3.05, 3.63) is 90.6 Å². The van der Waals surface area contributed by atoms with Crippen LogP contribution in [-0.4, -0.2) is 44.5 Å². The van der Waals surface area contributed by atoms with E-state index < -0.39 is 0 Å². The lowest BCUT2D eigenvalue weighted by molar-refractivity contribution is 0.0773. The van der Waals surface area contributed by atoms with Crippen LogP contribution in [0.3, 0.4) is 0 Å². The second-order valence-electron chi connectivity index (χ2n) is 7.54. The van der Waals surface area contributed by atoms with Gasteiger partial charge in [-0.2, -0.15) is 0 Å². The number of hydrogen-bond acceptors (Lipinski definition) is 4. The third-order valence-electron chi connectivity index (χ3n) is 5.45. The fourth-order valence-electron chi connectivity index (χ4n) is 3.89. The van der Waals surface area contributed by atoms with Gasteiger partial charge in [0.1, 0.15) is 17.4 Å². The van der Waals surface area contributed by atoms with Crippen molar-refractivity contribution in [2.75, 3.05) is 13.1 Å². The van der Waals surface area contributed by atoms with E-state index in [9.17, 15) is 4.79 Å². The summed E-state index contributed by atoms with van der Waals surface area (Å²) in [5.41, 5.74) is 2.70. The number of benzene rings is 2. The van der Waals surface area contributed by atoms with Crippen LogP contribution in [0.1, 0.15) is 22.3 Å². The van der Waals surface area contributed by atoms with Crippen LogP contribution in [0.2, 0.25) is 0 Å². The number of carbonyl (C=O) groups is 1. The van der Waals surface area contributed by atoms with E-state index in [1.165, 1.54) is 0 Å². The number of aromatic nitrogens is 3. The van der Waals surface area contributed by atoms with Gasteiger partial charge in [0, 0.05) is 49.1 Å². The number of likely N-dealkylation sites (tertiary alicyclic amines) is 1. The van der Waals surface area contributed by atoms with Crippen molar-refractivity contribution in [1.29, 1.82) is 0 Å². The molecular formula is C24H22N4O2. The number of para-hydroxylation sites is 1. The Morgan fingerprint density at radius 2 is 1.93 bits per heavy atom. The molecule has 1 amide bonds. The molecule has 2 aromatic heterocycles. The largest absolute Gasteiger partial charge is 0.486 e. The van der Waals surface area contributed by atoms with Crippen molar-refractivity contribution >= 4 is 16.8 Å². The number of pyridine rings is 1. The second-order valence-corrected chi connectivity index (χ2v) is 7.54. The maximum Gasteiger partial charge on any atom is 0.253 e. The van der Waals surface area contributed by atoms with E-state index in [4.69, 9.17) is 4.74 Å². The number of rotatable bonds is 5. The third-order valence-corrected chi connectivity index (χ3v) is 5.45. The fourth-order valence-corrected chi connectivity index (χ4v) is 3.89. The van der Waals surface area contributed by atoms with Crippen molar-refractivity contribution in [1.82, 2.24) is 19.4 Å². The molecule has 0 saturated carbocycles. The average Bonchev–Trinajstić information content (AvgIpc) is 3.46. The summed E-state index contributed by atoms with van der Waals surface area (Å²) in [5, 5.41) is 1.05. The summed E-state index contributed by atoms with van der Waals surface area (Å²) in [6.45, 7) is 2.02. The Morgan fingerprint density at radius 3 is 2.77 bits per heavy atom. The first-order valence-corrected chi connectivity index (χ1v) is 10.1. The van der Waals surface area contributed by atoms with Crippen LogP contribution in [0.5, 0.6) is 5.75 Å². The summed E-state index contributed by atoms with van der Waals surface area (Å²) >= 11 is 0. The molecule has 1 fully saturated rings. The molecule has 0 N–H and O–H groups in total. The normalized spacial score (nSPS) is 16.1. The Balaban J connectivity index is 1.23. The predicted octanol–water partition coefficient (Wildman–Crippen LogP) is 3.77. The van der Waals surface area contributed by atoms with E-state index in [-0.39, 0.29) is 12.0 Å². The summed E-state index contributed by atoms with van der Waals surface area (Å²) in [6, 6.07) is 17.7. The predicted molar refractivity (Wildman–Crippen MR) is 114 cm³/mol. The lowest BCUT2D eigenvalue weighted by Gasteiger charge is -2.18. The van der Waals surface area contributed by atoms with Crippen LogP contribution < -0.4 is 4.74 Å². The molecule has 30 heavy (non-hydrogen) atoms. The lowest BCUT2D eigenvalue weighted by atomic mass is 10.1. The van der Waals surface area contributed by atoms with Crippen molar-refractivity contribution in [3.63, 3.8) is 0 Å². The average molecular weight is 398 g/mol. The Bertz CT molecular complexity index is 1150. The van der Waals surface area contributed by atoms with E-state index in [0.29, 0.717) is 18.7 Å². The zero-order valence-electron chi connectivity index (χ0n) is 16.5. The second kappa shape index (κ2) is 7.99. The van der Waals surface area contributed by atoms with Gasteiger partial charge in [0.05, 0.1) is 12.9 Å². The highest BCUT2D eigenvalue weighted by Gasteiger charge is 2.28. The first-order valence-electron chi connectivity index (χ1n) is 10.1. The van der Waals surface area contributed by atoms with Crippen LogP contribution >= 0.6 is 0 Å². The van der Waals surface area contributed by atoms with Crippen molar-refractivity contribution in [2.45, 2.75) is 19.1 Å². The van der Waals surface area contributed by atoms with Crippen molar-refractivity contribution in [3.8, 4) is 5.75 Å². The first kappa shape index (κ1) is 18.4. The van der Waals surface area contributed by atoms with Gasteiger partial charge in [-0.1, -0.05) is 30.3 Å². The molecule has 6 nitrogen and oxygen atoms in total. The minimum atomic E-state index is -0.0259. The van der Waals surface area contributed by atoms with Gasteiger partial charge in [-0.05, 0) is 29.8 Å². The van der Waals surface area contributed by atoms with Gasteiger partial charge in [0.15, 0.2) is 0 Å². The Hall–Kier alpha value is -3.67. The number of imidazole rings is 1. The quantitative estimate of drug-likeness (QED) is 0.513. The molecule has 0 aliphatic carbocycles. The highest BCUT2D eigenvalue weighted by molar-refractivity contribution is 5.94. The number of ether oxygens (including phenoxy) is 1. The molecule has 1 saturated heterocycles. The van der Waals surface area contributed by atoms with Crippen LogP contribution in [0.15, 0.2) is 79.5 Å². The zero-order valence-corrected chi connectivity index (χ0v) is 16.5. The first-order chi connectivity index (χ1) is 14.8. The summed E-state index contributed by atoms with van der Waals surface area (Å²) in [6.07, 6.45) is 8.04. The molecule has 4 aromatic rings. The Morgan fingerprint density at radius 1 is 1.07 bits per heavy atom. The van der Waals surface area contributed by atoms with Gasteiger partial charge in [-0.25, -0.2) is 4.98 Å². The Labute approximate surface area is 174 Å². The van der Waals surface area contributed by atoms with E-state index >= 15 is 0 Å². The molecule has 0 spiro atoms. The monoisotopic (exact) mass is 398 g/mol. The van der Waals surface area contributed by atoms with Crippen molar-refractivity contribution in [2.24, 2.45) is 0 Å². The van der Waals surface area contributed by atoms with Gasteiger partial charge in [0.2, 0.25) is 0 Å². The van der Waals surface area contributed by atoms with Crippen molar-refractivity contribution < 1.29 is 9.53 Å². The fraction of sp³-hybridized carbons (Fsp3) is 0.208. The van der Waals surface area contributed by atoms with Gasteiger partial charge in [-0.3, -0.25) is 9.78 Å². The number of carbonyl (C=O) groups excluding carboxylic acids is 1. The topological polar surface area (TPSA) is 60.2 Å². The van der Waals surface area contributed by atoms with Crippen LogP contribution in [-0.2, 0) is 6.54 Å². The van der Waals surface area contributed by atoms with Gasteiger partial charge in [0.25, 0.3) is 5.91 Å². The SMILES string of the molecule is O=C(c1ccc(Cn2ccnc2)cc1)N1CCC(Oc2cccc3cccnc23)C1. The molecule has 150 valence electrons. The molecule has 0 bridgehead atoms. The minimum absolute atomic E-state index is 0.0259. The molecular weight excluding hydrogens is 376 g/mol. The van der Waals surface area contributed by atoms with Crippen LogP contribution in [0.4, 0.5) is 0 Å². The number of nitrogens with zero attached hydrogens (tertiary/aromatic N) is 4. The minimum Gasteiger partial charge on any atom is -0.486 e. The number of hydrogen-bond donors (Lipinski definition) is 0. The molecule has 1 aliphatic heterocycles. The third kappa shape index (κ3) is 3.76. The zero-order chi connectivity index (χ0) is 20.3. The molecule has 5 rings (SSSR count). The molecule has 0 radical (unpaired) electrons. The highest BCUT2D eigenvalue weighted by atomic mass is 16.5. The molecule has 1 atom stereocenters. The summed E-state index contributed by atoms with van der Waals surface area (Å²) in [5.74, 6) is 0.822. The lowest BCUT2D eigenvalue weighted by Crippen LogP contribution is -2.31. The van der Waals surface area contributed by atoms with Crippen LogP contribution in [0, 0.1) is 0 Å². The standard InChI is InChI=1S/C24H22N4O2/c29-24(20-8-6-18(7-9-20)15-27-14-12-25-17-27)28-13-10-21(16-28)30-22-5-1-3-19-4-2-11-26-23(19)22/h1-9,11-12,14,17,21H,10,13,15-16H2. The van der Waals surface area contributed by atoms with E-state index in [1.807, 2.05) is 70.3 Å². The van der Waals surface area contributed by atoms with Gasteiger partial charge >= 0.3 is 0 Å². The van der Waals surface area contributed by atoms with E-state index in [0.717, 1.165) is 35.2 Å². The number of fused-ring (bicyclic) bond motifs is 1. The smallest absolute Gasteiger partial charge is 0.253 e. The molecule has 6 heteroatoms. The van der Waals surface area contributed by atoms with E-state index in [1.54, 1.807) is 18.7 Å². The van der Waals surface area contributed by atoms with Gasteiger partial charge in [-0.15, -0.1) is 0 Å². The maximum atomic E-state index is 12.9.